The number of thiazole rings is 1. The highest BCUT2D eigenvalue weighted by molar-refractivity contribution is 7.15. The molecule has 1 saturated carbocycles. The van der Waals surface area contributed by atoms with Crippen molar-refractivity contribution < 1.29 is 14.6 Å². The molecule has 0 radical (unpaired) electrons. The number of rotatable bonds is 11. The third kappa shape index (κ3) is 5.74. The third-order valence-electron chi connectivity index (χ3n) is 6.22. The van der Waals surface area contributed by atoms with E-state index in [1.54, 1.807) is 10.6 Å². The fraction of sp³-hybridized carbons (Fsp3) is 0.276. The summed E-state index contributed by atoms with van der Waals surface area (Å²) in [5.74, 6) is 1.93. The molecular formula is C29H27N3O4S. The average molecular weight is 514 g/mol. The first-order chi connectivity index (χ1) is 18.2. The number of para-hydroxylation sites is 1. The summed E-state index contributed by atoms with van der Waals surface area (Å²) in [4.78, 5) is 18.9. The Morgan fingerprint density at radius 1 is 1.16 bits per heavy atom. The summed E-state index contributed by atoms with van der Waals surface area (Å²) >= 11 is 1.40. The minimum atomic E-state index is -0.150. The quantitative estimate of drug-likeness (QED) is 0.264. The number of benzene rings is 2. The van der Waals surface area contributed by atoms with Crippen LogP contribution in [0.5, 0.6) is 11.5 Å². The second kappa shape index (κ2) is 11.4. The van der Waals surface area contributed by atoms with Gasteiger partial charge in [-0.2, -0.15) is 5.26 Å². The molecule has 1 aliphatic carbocycles. The average Bonchev–Trinajstić information content (AvgIpc) is 3.63. The van der Waals surface area contributed by atoms with Crippen LogP contribution in [0.4, 0.5) is 0 Å². The van der Waals surface area contributed by atoms with E-state index < -0.39 is 0 Å². The number of aliphatic hydroxyl groups excluding tert-OH is 1. The summed E-state index contributed by atoms with van der Waals surface area (Å²) < 4.78 is 13.4. The number of aromatic nitrogens is 2. The van der Waals surface area contributed by atoms with Crippen molar-refractivity contribution in [2.75, 3.05) is 13.2 Å². The van der Waals surface area contributed by atoms with Gasteiger partial charge >= 0.3 is 0 Å². The van der Waals surface area contributed by atoms with Gasteiger partial charge in [0.25, 0.3) is 5.56 Å². The maximum Gasteiger partial charge on any atom is 0.266 e. The Morgan fingerprint density at radius 3 is 2.76 bits per heavy atom. The third-order valence-corrected chi connectivity index (χ3v) is 6.97. The highest BCUT2D eigenvalue weighted by atomic mass is 32.1. The monoisotopic (exact) mass is 513 g/mol. The summed E-state index contributed by atoms with van der Waals surface area (Å²) in [7, 11) is 0. The van der Waals surface area contributed by atoms with E-state index in [2.05, 4.69) is 6.07 Å². The number of aliphatic hydroxyl groups is 1. The zero-order chi connectivity index (χ0) is 25.6. The standard InChI is InChI=1S/C29H27N3O4S/c30-14-1-2-16-35-24-11-8-21(9-12-24)26-25(31-29-32(28(26)34)15-17-37-29)13-10-22-4-3-5-23(18-33)27(22)36-19-20-6-7-20/h3-5,8-13,15,17,20,33H,1-2,6-7,16,18-19H2/b13-10+. The van der Waals surface area contributed by atoms with Gasteiger partial charge in [0, 0.05) is 29.1 Å². The van der Waals surface area contributed by atoms with Crippen LogP contribution in [-0.2, 0) is 6.61 Å². The molecule has 0 amide bonds. The molecule has 2 heterocycles. The molecule has 0 aliphatic heterocycles. The Balaban J connectivity index is 1.49. The first-order valence-corrected chi connectivity index (χ1v) is 13.2. The molecule has 0 atom stereocenters. The predicted molar refractivity (Wildman–Crippen MR) is 145 cm³/mol. The van der Waals surface area contributed by atoms with Crippen LogP contribution in [0.15, 0.2) is 58.8 Å². The molecule has 0 saturated heterocycles. The summed E-state index contributed by atoms with van der Waals surface area (Å²) in [6.45, 7) is 0.984. The molecule has 0 unspecified atom stereocenters. The van der Waals surface area contributed by atoms with Crippen LogP contribution in [0.2, 0.25) is 0 Å². The van der Waals surface area contributed by atoms with Gasteiger partial charge in [0.2, 0.25) is 0 Å². The Kier molecular flexibility index (Phi) is 7.64. The molecule has 8 heteroatoms. The van der Waals surface area contributed by atoms with E-state index in [-0.39, 0.29) is 12.2 Å². The second-order valence-corrected chi connectivity index (χ2v) is 9.82. The fourth-order valence-electron chi connectivity index (χ4n) is 4.04. The van der Waals surface area contributed by atoms with E-state index in [1.807, 2.05) is 60.0 Å². The maximum atomic E-state index is 13.5. The summed E-state index contributed by atoms with van der Waals surface area (Å²) in [6, 6.07) is 15.1. The minimum absolute atomic E-state index is 0.112. The van der Waals surface area contributed by atoms with Gasteiger partial charge in [0.15, 0.2) is 4.96 Å². The molecule has 7 nitrogen and oxygen atoms in total. The van der Waals surface area contributed by atoms with Gasteiger partial charge < -0.3 is 14.6 Å². The molecule has 188 valence electrons. The number of nitriles is 1. The number of hydrogen-bond acceptors (Lipinski definition) is 7. The smallest absolute Gasteiger partial charge is 0.266 e. The second-order valence-electron chi connectivity index (χ2n) is 8.95. The van der Waals surface area contributed by atoms with E-state index in [4.69, 9.17) is 19.7 Å². The van der Waals surface area contributed by atoms with Crippen molar-refractivity contribution in [3.8, 4) is 28.7 Å². The largest absolute Gasteiger partial charge is 0.494 e. The summed E-state index contributed by atoms with van der Waals surface area (Å²) in [5.41, 5.74) is 3.18. The summed E-state index contributed by atoms with van der Waals surface area (Å²) in [5, 5.41) is 20.4. The van der Waals surface area contributed by atoms with Gasteiger partial charge in [0.05, 0.1) is 37.1 Å². The van der Waals surface area contributed by atoms with Crippen LogP contribution in [0.3, 0.4) is 0 Å². The lowest BCUT2D eigenvalue weighted by Crippen LogP contribution is -2.17. The molecule has 2 aromatic heterocycles. The number of ether oxygens (including phenoxy) is 2. The van der Waals surface area contributed by atoms with E-state index in [9.17, 15) is 9.90 Å². The number of hydrogen-bond donors (Lipinski definition) is 1. The van der Waals surface area contributed by atoms with Crippen molar-refractivity contribution in [3.63, 3.8) is 0 Å². The zero-order valence-electron chi connectivity index (χ0n) is 20.3. The first kappa shape index (κ1) is 24.8. The van der Waals surface area contributed by atoms with E-state index in [0.29, 0.717) is 59.7 Å². The Morgan fingerprint density at radius 2 is 2.00 bits per heavy atom. The van der Waals surface area contributed by atoms with E-state index in [0.717, 1.165) is 16.7 Å². The Bertz CT molecular complexity index is 1510. The maximum absolute atomic E-state index is 13.5. The minimum Gasteiger partial charge on any atom is -0.494 e. The van der Waals surface area contributed by atoms with Crippen molar-refractivity contribution in [2.45, 2.75) is 32.3 Å². The first-order valence-electron chi connectivity index (χ1n) is 12.3. The van der Waals surface area contributed by atoms with Crippen LogP contribution >= 0.6 is 11.3 Å². The highest BCUT2D eigenvalue weighted by Crippen LogP contribution is 2.33. The van der Waals surface area contributed by atoms with Gasteiger partial charge in [-0.3, -0.25) is 9.20 Å². The Labute approximate surface area is 218 Å². The molecule has 4 aromatic rings. The van der Waals surface area contributed by atoms with E-state index in [1.165, 1.54) is 24.2 Å². The number of nitrogens with zero attached hydrogens (tertiary/aromatic N) is 3. The van der Waals surface area contributed by atoms with Crippen molar-refractivity contribution in [1.29, 1.82) is 5.26 Å². The van der Waals surface area contributed by atoms with Crippen LogP contribution in [0.25, 0.3) is 28.2 Å². The number of fused-ring (bicyclic) bond motifs is 1. The molecule has 1 aliphatic rings. The molecule has 1 N–H and O–H groups in total. The molecule has 37 heavy (non-hydrogen) atoms. The lowest BCUT2D eigenvalue weighted by Gasteiger charge is -2.13. The highest BCUT2D eigenvalue weighted by Gasteiger charge is 2.23. The van der Waals surface area contributed by atoms with Crippen LogP contribution in [0.1, 0.15) is 42.5 Å². The lowest BCUT2D eigenvalue weighted by atomic mass is 10.0. The van der Waals surface area contributed by atoms with Crippen LogP contribution in [-0.4, -0.2) is 27.7 Å². The molecule has 0 bridgehead atoms. The van der Waals surface area contributed by atoms with Gasteiger partial charge in [-0.15, -0.1) is 11.3 Å². The van der Waals surface area contributed by atoms with Gasteiger partial charge in [0.1, 0.15) is 11.5 Å². The Hall–Kier alpha value is -3.93. The predicted octanol–water partition coefficient (Wildman–Crippen LogP) is 5.56. The lowest BCUT2D eigenvalue weighted by molar-refractivity contribution is 0.257. The van der Waals surface area contributed by atoms with Crippen molar-refractivity contribution in [3.05, 3.63) is 81.2 Å². The SMILES string of the molecule is N#CCCCOc1ccc(-c2c(/C=C/c3cccc(CO)c3OCC3CC3)nc3sccn3c2=O)cc1. The van der Waals surface area contributed by atoms with Gasteiger partial charge in [-0.25, -0.2) is 4.98 Å². The molecule has 5 rings (SSSR count). The zero-order valence-corrected chi connectivity index (χ0v) is 21.1. The van der Waals surface area contributed by atoms with Crippen LogP contribution in [0, 0.1) is 17.2 Å². The van der Waals surface area contributed by atoms with Crippen LogP contribution < -0.4 is 15.0 Å². The molecule has 2 aromatic carbocycles. The topological polar surface area (TPSA) is 96.8 Å². The van der Waals surface area contributed by atoms with Crippen molar-refractivity contribution >= 4 is 28.4 Å². The fourth-order valence-corrected chi connectivity index (χ4v) is 4.75. The molecule has 1 fully saturated rings. The normalized spacial score (nSPS) is 13.2. The number of unbranched alkanes of at least 4 members (excludes halogenated alkanes) is 1. The molecular weight excluding hydrogens is 486 g/mol. The van der Waals surface area contributed by atoms with Crippen molar-refractivity contribution in [1.82, 2.24) is 9.38 Å². The van der Waals surface area contributed by atoms with Crippen molar-refractivity contribution in [2.24, 2.45) is 5.92 Å². The molecule has 0 spiro atoms. The van der Waals surface area contributed by atoms with E-state index >= 15 is 0 Å². The van der Waals surface area contributed by atoms with Gasteiger partial charge in [-0.1, -0.05) is 30.3 Å². The summed E-state index contributed by atoms with van der Waals surface area (Å²) in [6.07, 6.45) is 8.92. The van der Waals surface area contributed by atoms with Gasteiger partial charge in [-0.05, 0) is 55.0 Å².